The van der Waals surface area contributed by atoms with E-state index in [-0.39, 0.29) is 11.5 Å². The molecule has 0 unspecified atom stereocenters. The summed E-state index contributed by atoms with van der Waals surface area (Å²) in [7, 11) is 4.74. The summed E-state index contributed by atoms with van der Waals surface area (Å²) in [6.07, 6.45) is 0. The first-order valence-corrected chi connectivity index (χ1v) is 5.31. The van der Waals surface area contributed by atoms with Crippen molar-refractivity contribution >= 4 is 29.5 Å². The number of carbonyl (C=O) groups is 1. The highest BCUT2D eigenvalue weighted by Gasteiger charge is 2.46. The van der Waals surface area contributed by atoms with Crippen LogP contribution in [0.25, 0.3) is 0 Å². The van der Waals surface area contributed by atoms with Crippen LogP contribution in [0.4, 0.5) is 0 Å². The van der Waals surface area contributed by atoms with Gasteiger partial charge < -0.3 is 15.9 Å². The maximum atomic E-state index is 11.5. The van der Waals surface area contributed by atoms with Crippen molar-refractivity contribution in [3.8, 4) is 11.5 Å². The van der Waals surface area contributed by atoms with Gasteiger partial charge in [0.05, 0.1) is 5.44 Å². The van der Waals surface area contributed by atoms with Gasteiger partial charge in [-0.15, -0.1) is 0 Å². The van der Waals surface area contributed by atoms with E-state index in [2.05, 4.69) is 4.89 Å². The fourth-order valence-corrected chi connectivity index (χ4v) is 1.56. The van der Waals surface area contributed by atoms with E-state index in [0.29, 0.717) is 5.56 Å². The van der Waals surface area contributed by atoms with Crippen LogP contribution >= 0.6 is 0 Å². The second kappa shape index (κ2) is 4.58. The van der Waals surface area contributed by atoms with Gasteiger partial charge in [0.15, 0.2) is 11.5 Å². The number of nitrogens with two attached hydrogens (primary N) is 1. The van der Waals surface area contributed by atoms with Gasteiger partial charge in [0, 0.05) is 0 Å². The topological polar surface area (TPSA) is 113 Å². The maximum Gasteiger partial charge on any atom is 0.352 e. The van der Waals surface area contributed by atoms with Gasteiger partial charge in [0.25, 0.3) is 0 Å². The first-order valence-electron chi connectivity index (χ1n) is 5.31. The Kier molecular flexibility index (Phi) is 3.68. The number of phenolic OH excluding ortho intramolecular Hbond substituents is 2. The van der Waals surface area contributed by atoms with Crippen molar-refractivity contribution in [1.29, 1.82) is 0 Å². The van der Waals surface area contributed by atoms with Crippen LogP contribution in [-0.4, -0.2) is 50.4 Å². The molecule has 1 rings (SSSR count). The fraction of sp³-hybridized carbons (Fsp3) is 0.222. The number of phenols is 2. The number of hydrogen-bond donors (Lipinski definition) is 4. The lowest BCUT2D eigenvalue weighted by atomic mass is 9.37. The minimum Gasteiger partial charge on any atom is -0.504 e. The van der Waals surface area contributed by atoms with Crippen molar-refractivity contribution < 1.29 is 25.2 Å². The number of rotatable bonds is 3. The van der Waals surface area contributed by atoms with Crippen LogP contribution in [0.3, 0.4) is 0 Å². The highest BCUT2D eigenvalue weighted by atomic mass is 17.1. The van der Waals surface area contributed by atoms with Gasteiger partial charge in [-0.2, -0.15) is 5.26 Å². The smallest absolute Gasteiger partial charge is 0.352 e. The van der Waals surface area contributed by atoms with Crippen molar-refractivity contribution in [2.24, 2.45) is 5.73 Å². The van der Waals surface area contributed by atoms with E-state index in [1.165, 1.54) is 26.0 Å². The average Bonchev–Trinajstić information content (AvgIpc) is 2.31. The van der Waals surface area contributed by atoms with Crippen LogP contribution < -0.4 is 5.73 Å². The van der Waals surface area contributed by atoms with Crippen LogP contribution in [0.2, 0.25) is 0 Å². The molecular weight excluding hydrogens is 235 g/mol. The lowest BCUT2D eigenvalue weighted by Crippen LogP contribution is -2.65. The number of benzene rings is 1. The highest BCUT2D eigenvalue weighted by molar-refractivity contribution is 6.49. The Balaban J connectivity index is 3.27. The van der Waals surface area contributed by atoms with E-state index in [9.17, 15) is 15.0 Å². The van der Waals surface area contributed by atoms with Gasteiger partial charge in [-0.05, 0) is 17.3 Å². The Morgan fingerprint density at radius 3 is 2.22 bits per heavy atom. The average molecular weight is 249 g/mol. The van der Waals surface area contributed by atoms with Crippen molar-refractivity contribution in [1.82, 2.24) is 0 Å². The van der Waals surface area contributed by atoms with Crippen LogP contribution in [0.5, 0.6) is 11.5 Å². The van der Waals surface area contributed by atoms with Crippen molar-refractivity contribution in [2.45, 2.75) is 10.7 Å². The van der Waals surface area contributed by atoms with E-state index >= 15 is 0 Å². The zero-order valence-electron chi connectivity index (χ0n) is 10.5. The van der Waals surface area contributed by atoms with E-state index < -0.39 is 16.6 Å². The summed E-state index contributed by atoms with van der Waals surface area (Å²) >= 11 is 0. The molecule has 1 atom stereocenters. The zero-order valence-corrected chi connectivity index (χ0v) is 10.5. The molecule has 0 heterocycles. The summed E-state index contributed by atoms with van der Waals surface area (Å²) < 4.78 is 0. The second-order valence-electron chi connectivity index (χ2n) is 4.91. The Bertz CT molecular complexity index is 477. The van der Waals surface area contributed by atoms with Crippen LogP contribution in [0.15, 0.2) is 18.2 Å². The summed E-state index contributed by atoms with van der Waals surface area (Å²) in [6.45, 7) is 0. The number of aromatic hydroxyl groups is 2. The molecule has 1 aromatic rings. The highest BCUT2D eigenvalue weighted by Crippen LogP contribution is 2.33. The molecule has 0 amide bonds. The van der Waals surface area contributed by atoms with Gasteiger partial charge in [-0.1, -0.05) is 11.6 Å². The van der Waals surface area contributed by atoms with Crippen LogP contribution in [0, 0.1) is 0 Å². The van der Waals surface area contributed by atoms with Crippen molar-refractivity contribution in [3.05, 3.63) is 23.8 Å². The third kappa shape index (κ3) is 2.19. The molecule has 94 valence electrons. The molecule has 6 nitrogen and oxygen atoms in total. The van der Waals surface area contributed by atoms with Crippen LogP contribution in [-0.2, 0) is 14.9 Å². The molecule has 5 N–H and O–H groups in total. The molecular formula is C9H14B3NO5. The molecule has 9 heteroatoms. The quantitative estimate of drug-likeness (QED) is 0.194. The SMILES string of the molecule is BC(B)(c1ccc(O)c(O)c1)[C@@](B)(N)C(=O)OO. The van der Waals surface area contributed by atoms with Crippen LogP contribution in [0.1, 0.15) is 5.56 Å². The second-order valence-corrected chi connectivity index (χ2v) is 4.91. The number of hydrogen-bond acceptors (Lipinski definition) is 6. The predicted octanol–water partition coefficient (Wildman–Crippen LogP) is -3.18. The molecule has 0 aliphatic heterocycles. The van der Waals surface area contributed by atoms with Gasteiger partial charge in [-0.25, -0.2) is 4.79 Å². The monoisotopic (exact) mass is 249 g/mol. The van der Waals surface area contributed by atoms with Crippen molar-refractivity contribution in [2.75, 3.05) is 0 Å². The molecule has 18 heavy (non-hydrogen) atoms. The molecule has 0 aromatic heterocycles. The molecule has 0 bridgehead atoms. The van der Waals surface area contributed by atoms with Crippen molar-refractivity contribution in [3.63, 3.8) is 0 Å². The van der Waals surface area contributed by atoms with E-state index in [0.717, 1.165) is 0 Å². The summed E-state index contributed by atoms with van der Waals surface area (Å²) in [5.41, 5.74) is 4.90. The van der Waals surface area contributed by atoms with E-state index in [1.54, 1.807) is 15.7 Å². The summed E-state index contributed by atoms with van der Waals surface area (Å²) in [4.78, 5) is 15.2. The molecule has 0 aliphatic carbocycles. The third-order valence-electron chi connectivity index (χ3n) is 3.50. The number of carbonyl (C=O) groups excluding carboxylic acids is 1. The lowest BCUT2D eigenvalue weighted by molar-refractivity contribution is -0.237. The van der Waals surface area contributed by atoms with Gasteiger partial charge in [0.2, 0.25) is 0 Å². The largest absolute Gasteiger partial charge is 0.504 e. The minimum atomic E-state index is -1.51. The molecule has 0 aliphatic rings. The predicted molar refractivity (Wildman–Crippen MR) is 72.7 cm³/mol. The molecule has 0 radical (unpaired) electrons. The lowest BCUT2D eigenvalue weighted by Gasteiger charge is -2.39. The minimum absolute atomic E-state index is 0.266. The zero-order chi connectivity index (χ0) is 14.1. The molecule has 0 spiro atoms. The van der Waals surface area contributed by atoms with Gasteiger partial charge in [0.1, 0.15) is 23.5 Å². The Morgan fingerprint density at radius 2 is 1.78 bits per heavy atom. The third-order valence-corrected chi connectivity index (χ3v) is 3.50. The Labute approximate surface area is 107 Å². The molecule has 0 saturated heterocycles. The summed E-state index contributed by atoms with van der Waals surface area (Å²) in [5, 5.41) is 26.3. The summed E-state index contributed by atoms with van der Waals surface area (Å²) in [6, 6.07) is 4.14. The van der Waals surface area contributed by atoms with Gasteiger partial charge in [-0.3, -0.25) is 4.89 Å². The maximum absolute atomic E-state index is 11.5. The molecule has 1 aromatic carbocycles. The van der Waals surface area contributed by atoms with Gasteiger partial charge >= 0.3 is 5.97 Å². The van der Waals surface area contributed by atoms with E-state index in [4.69, 9.17) is 11.0 Å². The Morgan fingerprint density at radius 1 is 1.22 bits per heavy atom. The molecule has 0 saturated carbocycles. The first-order chi connectivity index (χ1) is 8.14. The standard InChI is InChI=1S/C9H14B3NO5/c10-8(11,9(12,13)7(16)18-17)4-1-2-5(14)6(15)3-4/h1-3,14-15,17H,10-13H2/t9-/m0/s1. The fourth-order valence-electron chi connectivity index (χ4n) is 1.56. The molecule has 0 fully saturated rings. The Hall–Kier alpha value is -1.60. The first kappa shape index (κ1) is 14.5. The normalized spacial score (nSPS) is 14.8. The van der Waals surface area contributed by atoms with E-state index in [1.807, 2.05) is 0 Å². The summed E-state index contributed by atoms with van der Waals surface area (Å²) in [5.74, 6) is -1.56.